The summed E-state index contributed by atoms with van der Waals surface area (Å²) in [6, 6.07) is 4.42. The number of H-pyrrole nitrogens is 1. The van der Waals surface area contributed by atoms with Crippen LogP contribution in [0.3, 0.4) is 0 Å². The number of benzene rings is 1. The maximum absolute atomic E-state index is 11.4. The second-order valence-electron chi connectivity index (χ2n) is 3.52. The van der Waals surface area contributed by atoms with Gasteiger partial charge in [0.2, 0.25) is 5.69 Å². The number of aromatic nitrogens is 2. The zero-order valence-electron chi connectivity index (χ0n) is 8.87. The largest absolute Gasteiger partial charge is 0.772 e. The number of nitrogens with one attached hydrogen (secondary N) is 1. The molecule has 0 radical (unpaired) electrons. The monoisotopic (exact) mass is 267 g/mol. The molecule has 1 aromatic heterocycles. The number of fused-ring (bicyclic) bond motifs is 1. The molecular weight excluding hydrogens is 260 g/mol. The molecule has 0 fully saturated rings. The molecule has 18 heavy (non-hydrogen) atoms. The van der Waals surface area contributed by atoms with Crippen molar-refractivity contribution in [3.05, 3.63) is 39.8 Å². The highest BCUT2D eigenvalue weighted by Crippen LogP contribution is 2.12. The van der Waals surface area contributed by atoms with Crippen molar-refractivity contribution < 1.29 is 18.7 Å². The summed E-state index contributed by atoms with van der Waals surface area (Å²) < 4.78 is 21.1. The third-order valence-electron chi connectivity index (χ3n) is 2.24. The Morgan fingerprint density at radius 2 is 2.22 bits per heavy atom. The molecule has 0 saturated heterocycles. The van der Waals surface area contributed by atoms with Crippen LogP contribution in [-0.2, 0) is 16.8 Å². The Labute approximate surface area is 103 Å². The Hall–Kier alpha value is -2.06. The van der Waals surface area contributed by atoms with E-state index in [1.165, 1.54) is 18.2 Å². The second kappa shape index (κ2) is 4.67. The summed E-state index contributed by atoms with van der Waals surface area (Å²) in [4.78, 5) is 28.2. The number of aromatic amines is 1. The van der Waals surface area contributed by atoms with Crippen LogP contribution in [0.5, 0.6) is 0 Å². The Morgan fingerprint density at radius 1 is 1.50 bits per heavy atom. The lowest BCUT2D eigenvalue weighted by Gasteiger charge is -2.06. The van der Waals surface area contributed by atoms with E-state index in [0.717, 1.165) is 0 Å². The van der Waals surface area contributed by atoms with Crippen LogP contribution in [0.2, 0.25) is 0 Å². The molecule has 2 rings (SSSR count). The molecule has 1 aromatic carbocycles. The van der Waals surface area contributed by atoms with Gasteiger partial charge in [-0.1, -0.05) is 17.1 Å². The topological polar surface area (TPSA) is 123 Å². The van der Waals surface area contributed by atoms with Crippen LogP contribution in [0.25, 0.3) is 11.0 Å². The highest BCUT2D eigenvalue weighted by atomic mass is 32.2. The summed E-state index contributed by atoms with van der Waals surface area (Å²) in [5.74, 6) is -1.60. The predicted molar refractivity (Wildman–Crippen MR) is 61.9 cm³/mol. The van der Waals surface area contributed by atoms with Crippen LogP contribution in [-0.4, -0.2) is 29.8 Å². The van der Waals surface area contributed by atoms with Crippen LogP contribution in [0.15, 0.2) is 23.0 Å². The van der Waals surface area contributed by atoms with Crippen molar-refractivity contribution in [2.75, 3.05) is 0 Å². The molecule has 0 amide bonds. The number of aromatic carboxylic acids is 1. The van der Waals surface area contributed by atoms with Gasteiger partial charge in [0.25, 0.3) is 5.56 Å². The molecule has 0 aliphatic carbocycles. The van der Waals surface area contributed by atoms with Gasteiger partial charge in [0, 0.05) is 5.75 Å². The van der Waals surface area contributed by atoms with E-state index >= 15 is 0 Å². The number of carbonyl (C=O) groups is 1. The molecule has 1 heterocycles. The summed E-state index contributed by atoms with van der Waals surface area (Å²) >= 11 is -2.23. The molecule has 94 valence electrons. The van der Waals surface area contributed by atoms with Crippen molar-refractivity contribution in [1.82, 2.24) is 9.97 Å². The smallest absolute Gasteiger partial charge is 0.360 e. The minimum atomic E-state index is -2.23. The van der Waals surface area contributed by atoms with Crippen LogP contribution in [0.4, 0.5) is 0 Å². The molecule has 0 bridgehead atoms. The number of carboxylic acid groups (broad SMARTS) is 1. The maximum Gasteiger partial charge on any atom is 0.360 e. The molecule has 0 spiro atoms. The third kappa shape index (κ3) is 2.44. The average molecular weight is 267 g/mol. The number of hydrogen-bond donors (Lipinski definition) is 2. The van der Waals surface area contributed by atoms with E-state index < -0.39 is 28.3 Å². The lowest BCUT2D eigenvalue weighted by Crippen LogP contribution is -2.19. The van der Waals surface area contributed by atoms with Crippen molar-refractivity contribution in [3.63, 3.8) is 0 Å². The Kier molecular flexibility index (Phi) is 3.21. The molecule has 0 aliphatic rings. The molecule has 2 N–H and O–H groups in total. The Balaban J connectivity index is 2.59. The van der Waals surface area contributed by atoms with E-state index in [0.29, 0.717) is 11.1 Å². The summed E-state index contributed by atoms with van der Waals surface area (Å²) in [5, 5.41) is 8.73. The third-order valence-corrected chi connectivity index (χ3v) is 2.81. The number of rotatable bonds is 3. The quantitative estimate of drug-likeness (QED) is 0.754. The first-order chi connectivity index (χ1) is 8.47. The van der Waals surface area contributed by atoms with Crippen molar-refractivity contribution in [3.8, 4) is 0 Å². The Morgan fingerprint density at radius 3 is 2.83 bits per heavy atom. The van der Waals surface area contributed by atoms with Crippen molar-refractivity contribution in [2.45, 2.75) is 5.75 Å². The molecule has 7 nitrogen and oxygen atoms in total. The molecule has 0 saturated carbocycles. The normalized spacial score (nSPS) is 12.5. The van der Waals surface area contributed by atoms with E-state index in [2.05, 4.69) is 9.97 Å². The first kappa shape index (κ1) is 12.4. The van der Waals surface area contributed by atoms with Gasteiger partial charge in [-0.25, -0.2) is 9.78 Å². The molecule has 1 unspecified atom stereocenters. The van der Waals surface area contributed by atoms with Gasteiger partial charge in [0.05, 0.1) is 11.0 Å². The minimum Gasteiger partial charge on any atom is -0.772 e. The van der Waals surface area contributed by atoms with E-state index in [1.807, 2.05) is 0 Å². The van der Waals surface area contributed by atoms with Crippen LogP contribution >= 0.6 is 0 Å². The van der Waals surface area contributed by atoms with Gasteiger partial charge < -0.3 is 14.6 Å². The van der Waals surface area contributed by atoms with Crippen LogP contribution in [0, 0.1) is 0 Å². The number of carboxylic acids is 1. The van der Waals surface area contributed by atoms with E-state index in [9.17, 15) is 18.4 Å². The SMILES string of the molecule is O=C(O)c1nc2ccc(CS(=O)[O-])cc2[nH]c1=O. The first-order valence-corrected chi connectivity index (χ1v) is 6.04. The van der Waals surface area contributed by atoms with Gasteiger partial charge in [0.15, 0.2) is 0 Å². The minimum absolute atomic E-state index is 0.182. The zero-order valence-corrected chi connectivity index (χ0v) is 9.69. The van der Waals surface area contributed by atoms with E-state index in [-0.39, 0.29) is 11.3 Å². The average Bonchev–Trinajstić information content (AvgIpc) is 2.26. The van der Waals surface area contributed by atoms with Gasteiger partial charge in [0.1, 0.15) is 0 Å². The molecular formula is C10H7N2O5S-. The number of hydrogen-bond acceptors (Lipinski definition) is 5. The maximum atomic E-state index is 11.4. The highest BCUT2D eigenvalue weighted by Gasteiger charge is 2.12. The lowest BCUT2D eigenvalue weighted by molar-refractivity contribution is 0.0689. The van der Waals surface area contributed by atoms with E-state index in [4.69, 9.17) is 5.11 Å². The van der Waals surface area contributed by atoms with Gasteiger partial charge in [-0.3, -0.25) is 9.00 Å². The Bertz CT molecular complexity index is 709. The van der Waals surface area contributed by atoms with Crippen molar-refractivity contribution >= 4 is 28.1 Å². The molecule has 8 heteroatoms. The highest BCUT2D eigenvalue weighted by molar-refractivity contribution is 7.78. The first-order valence-electron chi connectivity index (χ1n) is 4.79. The fraction of sp³-hybridized carbons (Fsp3) is 0.100. The van der Waals surface area contributed by atoms with Crippen LogP contribution in [0.1, 0.15) is 16.1 Å². The standard InChI is InChI=1S/C10H8N2O5S/c13-9-8(10(14)15)11-6-2-1-5(4-18(16)17)3-7(6)12-9/h1-3H,4H2,(H,12,13)(H,14,15)(H,16,17)/p-1. The van der Waals surface area contributed by atoms with Crippen molar-refractivity contribution in [2.24, 2.45) is 0 Å². The van der Waals surface area contributed by atoms with Gasteiger partial charge in [-0.2, -0.15) is 0 Å². The van der Waals surface area contributed by atoms with E-state index in [1.54, 1.807) is 0 Å². The summed E-state index contributed by atoms with van der Waals surface area (Å²) in [6.07, 6.45) is 0. The van der Waals surface area contributed by atoms with Gasteiger partial charge in [-0.05, 0) is 17.7 Å². The summed E-state index contributed by atoms with van der Waals surface area (Å²) in [5.41, 5.74) is -0.352. The summed E-state index contributed by atoms with van der Waals surface area (Å²) in [7, 11) is 0. The second-order valence-corrected chi connectivity index (χ2v) is 4.42. The summed E-state index contributed by atoms with van der Waals surface area (Å²) in [6.45, 7) is 0. The van der Waals surface area contributed by atoms with Crippen LogP contribution < -0.4 is 5.56 Å². The van der Waals surface area contributed by atoms with Crippen molar-refractivity contribution in [1.29, 1.82) is 0 Å². The fourth-order valence-corrected chi connectivity index (χ4v) is 1.96. The molecule has 1 atom stereocenters. The molecule has 2 aromatic rings. The van der Waals surface area contributed by atoms with Gasteiger partial charge in [-0.15, -0.1) is 0 Å². The molecule has 0 aliphatic heterocycles. The van der Waals surface area contributed by atoms with Gasteiger partial charge >= 0.3 is 5.97 Å². The zero-order chi connectivity index (χ0) is 13.3. The lowest BCUT2D eigenvalue weighted by atomic mass is 10.2. The predicted octanol–water partition coefficient (Wildman–Crippen LogP) is 0.000400. The number of nitrogens with zero attached hydrogens (tertiary/aromatic N) is 1. The fourth-order valence-electron chi connectivity index (χ4n) is 1.50.